The van der Waals surface area contributed by atoms with Crippen LogP contribution < -0.4 is 10.6 Å². The molecule has 0 aliphatic heterocycles. The molecule has 4 rings (SSSR count). The topological polar surface area (TPSA) is 133 Å². The quantitative estimate of drug-likeness (QED) is 0.211. The second-order valence-corrected chi connectivity index (χ2v) is 10.4. The number of hydrogen-bond donors (Lipinski definition) is 2. The van der Waals surface area contributed by atoms with Gasteiger partial charge in [-0.2, -0.15) is 31.4 Å². The Balaban J connectivity index is 1.84. The number of aryl methyl sites for hydroxylation is 1. The molecule has 2 amide bonds. The first-order valence-corrected chi connectivity index (χ1v) is 13.0. The number of aromatic nitrogens is 7. The van der Waals surface area contributed by atoms with Crippen molar-refractivity contribution in [3.63, 3.8) is 0 Å². The second-order valence-electron chi connectivity index (χ2n) is 9.19. The van der Waals surface area contributed by atoms with E-state index >= 15 is 0 Å². The molecular formula is C24H20F6IN9O2. The summed E-state index contributed by atoms with van der Waals surface area (Å²) in [5, 5.41) is 18.5. The van der Waals surface area contributed by atoms with Gasteiger partial charge in [0.05, 0.1) is 23.5 Å². The van der Waals surface area contributed by atoms with Gasteiger partial charge in [0.25, 0.3) is 17.6 Å². The maximum Gasteiger partial charge on any atom is 0.453 e. The van der Waals surface area contributed by atoms with Crippen molar-refractivity contribution in [3.05, 3.63) is 74.0 Å². The van der Waals surface area contributed by atoms with Crippen molar-refractivity contribution in [3.8, 4) is 5.82 Å². The molecular weight excluding hydrogens is 687 g/mol. The van der Waals surface area contributed by atoms with Crippen LogP contribution in [0, 0.1) is 10.5 Å². The largest absolute Gasteiger partial charge is 0.453 e. The number of pyridine rings is 1. The summed E-state index contributed by atoms with van der Waals surface area (Å²) >= 11 is 1.99. The van der Waals surface area contributed by atoms with Gasteiger partial charge in [-0.05, 0) is 89.7 Å². The SMILES string of the molecule is Cc1cc(I)cc(C(=O)NC(C)C)c1NC(=O)c1cc(Cn2nnnc2C(F)(F)F)nn1-c1ncccc1C(F)(F)F. The number of nitrogens with zero attached hydrogens (tertiary/aromatic N) is 7. The number of nitrogens with one attached hydrogen (secondary N) is 2. The Bertz CT molecular complexity index is 1650. The molecule has 0 bridgehead atoms. The lowest BCUT2D eigenvalue weighted by Crippen LogP contribution is -2.31. The monoisotopic (exact) mass is 707 g/mol. The lowest BCUT2D eigenvalue weighted by Gasteiger charge is -2.17. The third kappa shape index (κ3) is 6.68. The lowest BCUT2D eigenvalue weighted by atomic mass is 10.1. The van der Waals surface area contributed by atoms with Crippen LogP contribution in [0.15, 0.2) is 36.5 Å². The minimum Gasteiger partial charge on any atom is -0.350 e. The van der Waals surface area contributed by atoms with Crippen LogP contribution in [-0.2, 0) is 18.9 Å². The summed E-state index contributed by atoms with van der Waals surface area (Å²) in [5.74, 6) is -3.81. The molecule has 0 radical (unpaired) electrons. The predicted octanol–water partition coefficient (Wildman–Crippen LogP) is 4.64. The summed E-state index contributed by atoms with van der Waals surface area (Å²) in [4.78, 5) is 30.3. The van der Waals surface area contributed by atoms with E-state index in [2.05, 4.69) is 36.2 Å². The Morgan fingerprint density at radius 1 is 1.05 bits per heavy atom. The molecule has 0 spiro atoms. The van der Waals surface area contributed by atoms with E-state index in [0.717, 1.165) is 18.3 Å². The third-order valence-electron chi connectivity index (χ3n) is 5.59. The fourth-order valence-electron chi connectivity index (χ4n) is 3.89. The molecule has 0 atom stereocenters. The average molecular weight is 707 g/mol. The number of alkyl halides is 6. The Kier molecular flexibility index (Phi) is 8.55. The standard InChI is InChI=1S/C24H20F6IN9O2/c1-11(2)33-20(41)15-8-13(31)7-12(3)18(15)34-21(42)17-9-14(10-39-22(24(28,29)30)35-37-38-39)36-40(17)19-16(23(25,26)27)5-4-6-32-19/h4-9,11H,10H2,1-3H3,(H,33,41)(H,34,42). The molecule has 42 heavy (non-hydrogen) atoms. The molecule has 4 aromatic rings. The van der Waals surface area contributed by atoms with Crippen LogP contribution in [0.2, 0.25) is 0 Å². The van der Waals surface area contributed by atoms with Gasteiger partial charge in [0.15, 0.2) is 5.82 Å². The highest BCUT2D eigenvalue weighted by Gasteiger charge is 2.39. The molecule has 0 aliphatic rings. The zero-order valence-electron chi connectivity index (χ0n) is 21.8. The van der Waals surface area contributed by atoms with Crippen LogP contribution in [-0.4, -0.2) is 52.8 Å². The second kappa shape index (κ2) is 11.6. The van der Waals surface area contributed by atoms with Crippen LogP contribution in [0.3, 0.4) is 0 Å². The van der Waals surface area contributed by atoms with Gasteiger partial charge >= 0.3 is 12.4 Å². The van der Waals surface area contributed by atoms with Crippen LogP contribution >= 0.6 is 22.6 Å². The van der Waals surface area contributed by atoms with Crippen molar-refractivity contribution in [2.45, 2.75) is 45.7 Å². The third-order valence-corrected chi connectivity index (χ3v) is 6.21. The van der Waals surface area contributed by atoms with E-state index in [1.165, 1.54) is 6.07 Å². The predicted molar refractivity (Wildman–Crippen MR) is 143 cm³/mol. The van der Waals surface area contributed by atoms with E-state index in [1.54, 1.807) is 26.8 Å². The molecule has 222 valence electrons. The van der Waals surface area contributed by atoms with E-state index < -0.39 is 53.6 Å². The summed E-state index contributed by atoms with van der Waals surface area (Å²) in [6.45, 7) is 4.34. The van der Waals surface area contributed by atoms with Gasteiger partial charge in [0.2, 0.25) is 0 Å². The summed E-state index contributed by atoms with van der Waals surface area (Å²) < 4.78 is 83.1. The number of rotatable bonds is 7. The Morgan fingerprint density at radius 3 is 2.40 bits per heavy atom. The number of carbonyl (C=O) groups is 2. The lowest BCUT2D eigenvalue weighted by molar-refractivity contribution is -0.147. The molecule has 11 nitrogen and oxygen atoms in total. The van der Waals surface area contributed by atoms with Crippen molar-refractivity contribution < 1.29 is 35.9 Å². The van der Waals surface area contributed by atoms with Gasteiger partial charge in [0.1, 0.15) is 11.3 Å². The maximum atomic E-state index is 13.9. The normalized spacial score (nSPS) is 12.1. The zero-order chi connectivity index (χ0) is 31.0. The van der Waals surface area contributed by atoms with Gasteiger partial charge in [-0.15, -0.1) is 5.10 Å². The first-order chi connectivity index (χ1) is 19.6. The fourth-order valence-corrected chi connectivity index (χ4v) is 4.67. The van der Waals surface area contributed by atoms with E-state index in [1.807, 2.05) is 22.6 Å². The molecule has 0 saturated carbocycles. The molecule has 18 heteroatoms. The molecule has 3 heterocycles. The fraction of sp³-hybridized carbons (Fsp3) is 0.292. The molecule has 0 aliphatic carbocycles. The van der Waals surface area contributed by atoms with Gasteiger partial charge in [0, 0.05) is 15.8 Å². The number of anilines is 1. The minimum absolute atomic E-state index is 0.0739. The summed E-state index contributed by atoms with van der Waals surface area (Å²) in [5.41, 5.74) is -1.42. The zero-order valence-corrected chi connectivity index (χ0v) is 24.0. The minimum atomic E-state index is -4.94. The van der Waals surface area contributed by atoms with Crippen molar-refractivity contribution >= 4 is 40.1 Å². The van der Waals surface area contributed by atoms with Crippen LogP contribution in [0.1, 0.15) is 57.3 Å². The van der Waals surface area contributed by atoms with Crippen molar-refractivity contribution in [2.24, 2.45) is 0 Å². The highest BCUT2D eigenvalue weighted by atomic mass is 127. The van der Waals surface area contributed by atoms with Gasteiger partial charge in [-0.3, -0.25) is 9.59 Å². The smallest absolute Gasteiger partial charge is 0.350 e. The maximum absolute atomic E-state index is 13.9. The molecule has 0 fully saturated rings. The van der Waals surface area contributed by atoms with Gasteiger partial charge in [-0.25, -0.2) is 14.3 Å². The first kappa shape index (κ1) is 30.8. The number of hydrogen-bond acceptors (Lipinski definition) is 7. The summed E-state index contributed by atoms with van der Waals surface area (Å²) in [6.07, 6.45) is -8.82. The summed E-state index contributed by atoms with van der Waals surface area (Å²) in [6, 6.07) is 5.67. The Morgan fingerprint density at radius 2 is 1.76 bits per heavy atom. The van der Waals surface area contributed by atoms with Gasteiger partial charge in [-0.1, -0.05) is 0 Å². The number of benzene rings is 1. The molecule has 2 N–H and O–H groups in total. The van der Waals surface area contributed by atoms with Crippen LogP contribution in [0.5, 0.6) is 0 Å². The first-order valence-electron chi connectivity index (χ1n) is 11.9. The highest BCUT2D eigenvalue weighted by Crippen LogP contribution is 2.34. The number of carbonyl (C=O) groups excluding carboxylic acids is 2. The number of amides is 2. The average Bonchev–Trinajstić information content (AvgIpc) is 3.52. The summed E-state index contributed by atoms with van der Waals surface area (Å²) in [7, 11) is 0. The number of halogens is 7. The molecule has 0 saturated heterocycles. The van der Waals surface area contributed by atoms with Crippen molar-refractivity contribution in [1.29, 1.82) is 0 Å². The van der Waals surface area contributed by atoms with E-state index in [-0.39, 0.29) is 23.0 Å². The molecule has 0 unspecified atom stereocenters. The van der Waals surface area contributed by atoms with Crippen LogP contribution in [0.4, 0.5) is 32.0 Å². The van der Waals surface area contributed by atoms with E-state index in [9.17, 15) is 35.9 Å². The van der Waals surface area contributed by atoms with Crippen LogP contribution in [0.25, 0.3) is 5.82 Å². The Labute approximate surface area is 246 Å². The van der Waals surface area contributed by atoms with Gasteiger partial charge < -0.3 is 10.6 Å². The molecule has 3 aromatic heterocycles. The van der Waals surface area contributed by atoms with Crippen molar-refractivity contribution in [2.75, 3.05) is 5.32 Å². The van der Waals surface area contributed by atoms with E-state index in [0.29, 0.717) is 24.6 Å². The highest BCUT2D eigenvalue weighted by molar-refractivity contribution is 14.1. The van der Waals surface area contributed by atoms with Crippen molar-refractivity contribution in [1.82, 2.24) is 40.3 Å². The molecule has 1 aromatic carbocycles. The van der Waals surface area contributed by atoms with E-state index in [4.69, 9.17) is 0 Å². The Hall–Kier alpha value is -4.10. The number of tetrazole rings is 1.